The standard InChI is InChI=1S/C28H26N4O3/c1-18-12-27(34)30-23-5-4-19(13-21(18)23)14-26(33)22-16-24-20(15-25(22)31-8-2-3-9-31)6-10-32(24)17-28-29-7-11-35-28/h4-7,10-13,15-16H,2-3,8-9,14,17H2,1H3,(H,30,34). The quantitative estimate of drug-likeness (QED) is 0.362. The smallest absolute Gasteiger partial charge is 0.248 e. The number of nitrogens with zero attached hydrogens (tertiary/aromatic N) is 3. The first-order valence-electron chi connectivity index (χ1n) is 12.0. The molecule has 0 atom stereocenters. The fraction of sp³-hybridized carbons (Fsp3) is 0.250. The average molecular weight is 467 g/mol. The lowest BCUT2D eigenvalue weighted by Crippen LogP contribution is -2.21. The molecule has 0 aliphatic carbocycles. The number of hydrogen-bond acceptors (Lipinski definition) is 5. The van der Waals surface area contributed by atoms with Gasteiger partial charge in [-0.1, -0.05) is 6.07 Å². The number of carbonyl (C=O) groups excluding carboxylic acids is 1. The van der Waals surface area contributed by atoms with Gasteiger partial charge in [-0.25, -0.2) is 4.98 Å². The number of fused-ring (bicyclic) bond motifs is 2. The maximum atomic E-state index is 13.7. The summed E-state index contributed by atoms with van der Waals surface area (Å²) >= 11 is 0. The molecule has 2 aromatic carbocycles. The zero-order valence-electron chi connectivity index (χ0n) is 19.6. The molecule has 0 unspecified atom stereocenters. The molecule has 6 rings (SSSR count). The number of benzene rings is 2. The zero-order valence-corrected chi connectivity index (χ0v) is 19.6. The van der Waals surface area contributed by atoms with Crippen LogP contribution in [0, 0.1) is 6.92 Å². The van der Waals surface area contributed by atoms with Crippen LogP contribution in [0.15, 0.2) is 70.3 Å². The summed E-state index contributed by atoms with van der Waals surface area (Å²) in [6, 6.07) is 13.7. The third-order valence-corrected chi connectivity index (χ3v) is 6.90. The van der Waals surface area contributed by atoms with E-state index in [1.807, 2.05) is 37.4 Å². The maximum absolute atomic E-state index is 13.7. The van der Waals surface area contributed by atoms with Gasteiger partial charge in [-0.3, -0.25) is 9.59 Å². The molecule has 3 aromatic heterocycles. The van der Waals surface area contributed by atoms with Crippen LogP contribution in [0.2, 0.25) is 0 Å². The molecule has 0 saturated carbocycles. The Kier molecular flexibility index (Phi) is 5.25. The van der Waals surface area contributed by atoms with E-state index in [0.717, 1.165) is 70.1 Å². The van der Waals surface area contributed by atoms with E-state index in [0.29, 0.717) is 18.9 Å². The lowest BCUT2D eigenvalue weighted by Gasteiger charge is -2.21. The lowest BCUT2D eigenvalue weighted by atomic mass is 9.98. The van der Waals surface area contributed by atoms with Gasteiger partial charge in [-0.05, 0) is 61.2 Å². The van der Waals surface area contributed by atoms with Gasteiger partial charge in [-0.15, -0.1) is 0 Å². The van der Waals surface area contributed by atoms with Crippen LogP contribution in [0.1, 0.15) is 40.2 Å². The summed E-state index contributed by atoms with van der Waals surface area (Å²) in [6.07, 6.45) is 7.80. The van der Waals surface area contributed by atoms with E-state index in [2.05, 4.69) is 31.6 Å². The van der Waals surface area contributed by atoms with Gasteiger partial charge in [0.1, 0.15) is 6.26 Å². The highest BCUT2D eigenvalue weighted by molar-refractivity contribution is 6.06. The van der Waals surface area contributed by atoms with Crippen molar-refractivity contribution in [1.29, 1.82) is 0 Å². The van der Waals surface area contributed by atoms with Crippen molar-refractivity contribution in [3.63, 3.8) is 0 Å². The molecule has 0 spiro atoms. The highest BCUT2D eigenvalue weighted by Crippen LogP contribution is 2.32. The van der Waals surface area contributed by atoms with E-state index in [1.54, 1.807) is 18.5 Å². The molecule has 1 aliphatic rings. The summed E-state index contributed by atoms with van der Waals surface area (Å²) in [7, 11) is 0. The molecule has 0 radical (unpaired) electrons. The molecule has 1 fully saturated rings. The van der Waals surface area contributed by atoms with Crippen LogP contribution in [0.25, 0.3) is 21.8 Å². The Balaban J connectivity index is 1.40. The second-order valence-electron chi connectivity index (χ2n) is 9.29. The van der Waals surface area contributed by atoms with Gasteiger partial charge in [0, 0.05) is 64.8 Å². The number of Topliss-reactive ketones (excluding diaryl/α,β-unsaturated/α-hetero) is 1. The van der Waals surface area contributed by atoms with Crippen LogP contribution < -0.4 is 10.5 Å². The summed E-state index contributed by atoms with van der Waals surface area (Å²) in [5.74, 6) is 0.711. The van der Waals surface area contributed by atoms with Crippen LogP contribution >= 0.6 is 0 Å². The van der Waals surface area contributed by atoms with Crippen molar-refractivity contribution in [2.75, 3.05) is 18.0 Å². The SMILES string of the molecule is Cc1cc(=O)[nH]c2ccc(CC(=O)c3cc4c(ccn4Cc4ncco4)cc3N3CCCC3)cc12. The third kappa shape index (κ3) is 4.03. The van der Waals surface area contributed by atoms with Gasteiger partial charge in [0.15, 0.2) is 5.78 Å². The first kappa shape index (κ1) is 21.4. The number of hydrogen-bond donors (Lipinski definition) is 1. The van der Waals surface area contributed by atoms with E-state index in [9.17, 15) is 9.59 Å². The minimum Gasteiger partial charge on any atom is -0.447 e. The highest BCUT2D eigenvalue weighted by atomic mass is 16.3. The topological polar surface area (TPSA) is 84.1 Å². The number of nitrogens with one attached hydrogen (secondary N) is 1. The first-order valence-corrected chi connectivity index (χ1v) is 12.0. The van der Waals surface area contributed by atoms with E-state index in [-0.39, 0.29) is 11.3 Å². The second kappa shape index (κ2) is 8.58. The van der Waals surface area contributed by atoms with Gasteiger partial charge < -0.3 is 18.9 Å². The number of aromatic amines is 1. The molecule has 0 amide bonds. The van der Waals surface area contributed by atoms with Gasteiger partial charge >= 0.3 is 0 Å². The maximum Gasteiger partial charge on any atom is 0.248 e. The number of anilines is 1. The van der Waals surface area contributed by atoms with Crippen LogP contribution in [-0.2, 0) is 13.0 Å². The number of carbonyl (C=O) groups is 1. The molecule has 1 aliphatic heterocycles. The lowest BCUT2D eigenvalue weighted by molar-refractivity contribution is 0.0993. The van der Waals surface area contributed by atoms with Crippen molar-refractivity contribution in [1.82, 2.24) is 14.5 Å². The first-order chi connectivity index (χ1) is 17.0. The zero-order chi connectivity index (χ0) is 23.9. The van der Waals surface area contributed by atoms with Gasteiger partial charge in [0.25, 0.3) is 0 Å². The third-order valence-electron chi connectivity index (χ3n) is 6.90. The summed E-state index contributed by atoms with van der Waals surface area (Å²) in [6.45, 7) is 4.36. The number of H-pyrrole nitrogens is 1. The van der Waals surface area contributed by atoms with E-state index in [1.165, 1.54) is 0 Å². The Morgan fingerprint density at radius 2 is 1.97 bits per heavy atom. The Morgan fingerprint density at radius 1 is 1.11 bits per heavy atom. The normalized spacial score (nSPS) is 13.8. The van der Waals surface area contributed by atoms with Gasteiger partial charge in [0.2, 0.25) is 11.4 Å². The van der Waals surface area contributed by atoms with Gasteiger partial charge in [-0.2, -0.15) is 0 Å². The second-order valence-corrected chi connectivity index (χ2v) is 9.29. The molecule has 176 valence electrons. The summed E-state index contributed by atoms with van der Waals surface area (Å²) in [5.41, 5.74) is 5.24. The van der Waals surface area contributed by atoms with Crippen molar-refractivity contribution in [2.45, 2.75) is 32.7 Å². The minimum absolute atomic E-state index is 0.0825. The number of rotatable bonds is 6. The van der Waals surface area contributed by atoms with Gasteiger partial charge in [0.05, 0.1) is 12.7 Å². The molecule has 4 heterocycles. The number of aromatic nitrogens is 3. The molecule has 35 heavy (non-hydrogen) atoms. The van der Waals surface area contributed by atoms with E-state index >= 15 is 0 Å². The predicted octanol–water partition coefficient (Wildman–Crippen LogP) is 4.85. The van der Waals surface area contributed by atoms with Crippen LogP contribution in [0.3, 0.4) is 0 Å². The molecule has 0 bridgehead atoms. The highest BCUT2D eigenvalue weighted by Gasteiger charge is 2.22. The fourth-order valence-corrected chi connectivity index (χ4v) is 5.14. The number of oxazole rings is 1. The predicted molar refractivity (Wildman–Crippen MR) is 136 cm³/mol. The molecular weight excluding hydrogens is 440 g/mol. The Morgan fingerprint density at radius 3 is 2.77 bits per heavy atom. The van der Waals surface area contributed by atoms with Crippen molar-refractivity contribution >= 4 is 33.3 Å². The summed E-state index contributed by atoms with van der Waals surface area (Å²) < 4.78 is 7.51. The summed E-state index contributed by atoms with van der Waals surface area (Å²) in [5, 5.41) is 2.06. The number of aryl methyl sites for hydroxylation is 1. The van der Waals surface area contributed by atoms with Crippen molar-refractivity contribution in [2.24, 2.45) is 0 Å². The Hall–Kier alpha value is -4.13. The molecule has 7 heteroatoms. The number of ketones is 1. The fourth-order valence-electron chi connectivity index (χ4n) is 5.14. The minimum atomic E-state index is -0.116. The monoisotopic (exact) mass is 466 g/mol. The molecule has 5 aromatic rings. The molecule has 7 nitrogen and oxygen atoms in total. The average Bonchev–Trinajstić information content (AvgIpc) is 3.62. The van der Waals surface area contributed by atoms with Crippen molar-refractivity contribution < 1.29 is 9.21 Å². The molecule has 1 N–H and O–H groups in total. The molecular formula is C28H26N4O3. The van der Waals surface area contributed by atoms with Crippen LogP contribution in [-0.4, -0.2) is 33.4 Å². The van der Waals surface area contributed by atoms with Crippen LogP contribution in [0.4, 0.5) is 5.69 Å². The van der Waals surface area contributed by atoms with Crippen molar-refractivity contribution in [3.8, 4) is 0 Å². The van der Waals surface area contributed by atoms with E-state index < -0.39 is 0 Å². The Labute approximate surface area is 202 Å². The van der Waals surface area contributed by atoms with Crippen LogP contribution in [0.5, 0.6) is 0 Å². The van der Waals surface area contributed by atoms with Crippen molar-refractivity contribution in [3.05, 3.63) is 94.1 Å². The summed E-state index contributed by atoms with van der Waals surface area (Å²) in [4.78, 5) is 35.0. The Bertz CT molecular complexity index is 1610. The molecule has 1 saturated heterocycles. The van der Waals surface area contributed by atoms with E-state index in [4.69, 9.17) is 4.42 Å². The largest absolute Gasteiger partial charge is 0.447 e. The number of pyridine rings is 1.